The van der Waals surface area contributed by atoms with Gasteiger partial charge < -0.3 is 5.32 Å². The number of nitrogens with zero attached hydrogens (tertiary/aromatic N) is 2. The lowest BCUT2D eigenvalue weighted by molar-refractivity contribution is 0.484. The fourth-order valence-electron chi connectivity index (χ4n) is 3.37. The van der Waals surface area contributed by atoms with Crippen molar-refractivity contribution in [1.82, 2.24) is 9.78 Å². The summed E-state index contributed by atoms with van der Waals surface area (Å²) in [4.78, 5) is 0. The van der Waals surface area contributed by atoms with E-state index in [4.69, 9.17) is 0 Å². The van der Waals surface area contributed by atoms with E-state index in [9.17, 15) is 0 Å². The minimum absolute atomic E-state index is 0.327. The molecule has 0 amide bonds. The van der Waals surface area contributed by atoms with Gasteiger partial charge in [0.1, 0.15) is 5.82 Å². The average molecular weight is 277 g/mol. The molecule has 1 atom stereocenters. The van der Waals surface area contributed by atoms with Crippen LogP contribution in [0.4, 0.5) is 5.82 Å². The van der Waals surface area contributed by atoms with Crippen LogP contribution in [0, 0.1) is 0 Å². The first-order valence-corrected chi connectivity index (χ1v) is 7.66. The maximum absolute atomic E-state index is 4.65. The number of benzene rings is 2. The molecule has 0 saturated heterocycles. The van der Waals surface area contributed by atoms with Crippen LogP contribution < -0.4 is 5.32 Å². The van der Waals surface area contributed by atoms with Crippen LogP contribution in [-0.2, 0) is 6.42 Å². The van der Waals surface area contributed by atoms with E-state index in [1.165, 1.54) is 27.7 Å². The highest BCUT2D eigenvalue weighted by molar-refractivity contribution is 5.86. The Balaban J connectivity index is 1.89. The molecule has 2 heterocycles. The molecule has 3 nitrogen and oxygen atoms in total. The van der Waals surface area contributed by atoms with E-state index < -0.39 is 0 Å². The second-order valence-electron chi connectivity index (χ2n) is 5.62. The number of fused-ring (bicyclic) bond motifs is 2. The Hall–Kier alpha value is -2.29. The lowest BCUT2D eigenvalue weighted by Crippen LogP contribution is -2.25. The second-order valence-corrected chi connectivity index (χ2v) is 5.62. The number of hydrogen-bond donors (Lipinski definition) is 1. The summed E-state index contributed by atoms with van der Waals surface area (Å²) < 4.78 is 2.17. The molecule has 1 aromatic heterocycles. The number of rotatable bonds is 2. The second kappa shape index (κ2) is 4.92. The zero-order valence-electron chi connectivity index (χ0n) is 12.2. The third kappa shape index (κ3) is 1.92. The summed E-state index contributed by atoms with van der Waals surface area (Å²) in [6, 6.07) is 15.5. The van der Waals surface area contributed by atoms with Gasteiger partial charge in [-0.3, -0.25) is 0 Å². The summed E-state index contributed by atoms with van der Waals surface area (Å²) in [5, 5.41) is 10.8. The SMILES string of the molecule is CCc1cnn2c1NCCC2c1cccc2ccccc12. The fourth-order valence-corrected chi connectivity index (χ4v) is 3.37. The Morgan fingerprint density at radius 2 is 2.05 bits per heavy atom. The van der Waals surface area contributed by atoms with E-state index in [2.05, 4.69) is 64.5 Å². The Labute approximate surface area is 124 Å². The van der Waals surface area contributed by atoms with Gasteiger partial charge in [-0.05, 0) is 29.2 Å². The van der Waals surface area contributed by atoms with Crippen molar-refractivity contribution >= 4 is 16.6 Å². The molecule has 0 aliphatic carbocycles. The molecule has 0 saturated carbocycles. The van der Waals surface area contributed by atoms with E-state index in [0.717, 1.165) is 19.4 Å². The van der Waals surface area contributed by atoms with E-state index >= 15 is 0 Å². The number of aryl methyl sites for hydroxylation is 1. The predicted molar refractivity (Wildman–Crippen MR) is 86.8 cm³/mol. The molecule has 1 N–H and O–H groups in total. The summed E-state index contributed by atoms with van der Waals surface area (Å²) in [7, 11) is 0. The quantitative estimate of drug-likeness (QED) is 0.767. The van der Waals surface area contributed by atoms with E-state index in [1.54, 1.807) is 0 Å². The summed E-state index contributed by atoms with van der Waals surface area (Å²) >= 11 is 0. The smallest absolute Gasteiger partial charge is 0.128 e. The molecule has 3 heteroatoms. The van der Waals surface area contributed by atoms with Crippen molar-refractivity contribution in [2.45, 2.75) is 25.8 Å². The highest BCUT2D eigenvalue weighted by Crippen LogP contribution is 2.34. The average Bonchev–Trinajstić information content (AvgIpc) is 2.97. The summed E-state index contributed by atoms with van der Waals surface area (Å²) in [5.41, 5.74) is 2.68. The van der Waals surface area contributed by atoms with Gasteiger partial charge in [0.15, 0.2) is 0 Å². The standard InChI is InChI=1S/C18H19N3/c1-2-13-12-20-21-17(10-11-19-18(13)21)16-9-5-7-14-6-3-4-8-15(14)16/h3-9,12,17,19H,2,10-11H2,1H3. The lowest BCUT2D eigenvalue weighted by atomic mass is 9.96. The Bertz CT molecular complexity index is 783. The molecule has 0 bridgehead atoms. The maximum Gasteiger partial charge on any atom is 0.128 e. The number of aromatic nitrogens is 2. The van der Waals surface area contributed by atoms with Crippen molar-refractivity contribution in [3.63, 3.8) is 0 Å². The van der Waals surface area contributed by atoms with Crippen molar-refractivity contribution in [2.24, 2.45) is 0 Å². The van der Waals surface area contributed by atoms with Crippen molar-refractivity contribution in [3.05, 3.63) is 59.8 Å². The zero-order chi connectivity index (χ0) is 14.2. The molecule has 1 unspecified atom stereocenters. The van der Waals surface area contributed by atoms with Gasteiger partial charge in [0.2, 0.25) is 0 Å². The molecular weight excluding hydrogens is 258 g/mol. The summed E-state index contributed by atoms with van der Waals surface area (Å²) in [6.07, 6.45) is 4.10. The van der Waals surface area contributed by atoms with Crippen LogP contribution in [-0.4, -0.2) is 16.3 Å². The third-order valence-corrected chi connectivity index (χ3v) is 4.44. The van der Waals surface area contributed by atoms with Crippen molar-refractivity contribution in [1.29, 1.82) is 0 Å². The fraction of sp³-hybridized carbons (Fsp3) is 0.278. The molecule has 1 aliphatic heterocycles. The number of nitrogens with one attached hydrogen (secondary N) is 1. The minimum Gasteiger partial charge on any atom is -0.370 e. The highest BCUT2D eigenvalue weighted by Gasteiger charge is 2.24. The Kier molecular flexibility index (Phi) is 2.92. The first-order valence-electron chi connectivity index (χ1n) is 7.66. The van der Waals surface area contributed by atoms with Gasteiger partial charge in [-0.1, -0.05) is 49.4 Å². The molecule has 0 fully saturated rings. The van der Waals surface area contributed by atoms with Crippen molar-refractivity contribution < 1.29 is 0 Å². The maximum atomic E-state index is 4.65. The van der Waals surface area contributed by atoms with Gasteiger partial charge in [-0.25, -0.2) is 4.68 Å². The van der Waals surface area contributed by atoms with E-state index in [1.807, 2.05) is 6.20 Å². The van der Waals surface area contributed by atoms with Gasteiger partial charge in [0, 0.05) is 12.1 Å². The van der Waals surface area contributed by atoms with Gasteiger partial charge in [-0.15, -0.1) is 0 Å². The van der Waals surface area contributed by atoms with Crippen molar-refractivity contribution in [3.8, 4) is 0 Å². The Morgan fingerprint density at radius 1 is 1.19 bits per heavy atom. The molecule has 2 aromatic carbocycles. The van der Waals surface area contributed by atoms with E-state index in [-0.39, 0.29) is 0 Å². The molecule has 1 aliphatic rings. The topological polar surface area (TPSA) is 29.9 Å². The molecule has 0 radical (unpaired) electrons. The van der Waals surface area contributed by atoms with Crippen LogP contribution in [0.1, 0.15) is 30.5 Å². The molecule has 3 aromatic rings. The van der Waals surface area contributed by atoms with Crippen LogP contribution in [0.25, 0.3) is 10.8 Å². The summed E-state index contributed by atoms with van der Waals surface area (Å²) in [6.45, 7) is 3.19. The van der Waals surface area contributed by atoms with Gasteiger partial charge in [0.25, 0.3) is 0 Å². The molecule has 0 spiro atoms. The molecule has 4 rings (SSSR count). The minimum atomic E-state index is 0.327. The summed E-state index contributed by atoms with van der Waals surface area (Å²) in [5.74, 6) is 1.20. The number of anilines is 1. The monoisotopic (exact) mass is 277 g/mol. The van der Waals surface area contributed by atoms with Gasteiger partial charge in [-0.2, -0.15) is 5.10 Å². The third-order valence-electron chi connectivity index (χ3n) is 4.44. The molecule has 21 heavy (non-hydrogen) atoms. The normalized spacial score (nSPS) is 17.5. The molecular formula is C18H19N3. The highest BCUT2D eigenvalue weighted by atomic mass is 15.4. The van der Waals surface area contributed by atoms with Crippen LogP contribution in [0.2, 0.25) is 0 Å². The Morgan fingerprint density at radius 3 is 2.95 bits per heavy atom. The first kappa shape index (κ1) is 12.5. The molecule has 106 valence electrons. The van der Waals surface area contributed by atoms with E-state index in [0.29, 0.717) is 6.04 Å². The first-order chi connectivity index (χ1) is 10.4. The van der Waals surface area contributed by atoms with Gasteiger partial charge in [0.05, 0.1) is 12.2 Å². The lowest BCUT2D eigenvalue weighted by Gasteiger charge is -2.27. The van der Waals surface area contributed by atoms with Gasteiger partial charge >= 0.3 is 0 Å². The van der Waals surface area contributed by atoms with Crippen LogP contribution >= 0.6 is 0 Å². The van der Waals surface area contributed by atoms with Crippen LogP contribution in [0.5, 0.6) is 0 Å². The zero-order valence-corrected chi connectivity index (χ0v) is 12.2. The van der Waals surface area contributed by atoms with Crippen LogP contribution in [0.15, 0.2) is 48.7 Å². The van der Waals surface area contributed by atoms with Crippen molar-refractivity contribution in [2.75, 3.05) is 11.9 Å². The van der Waals surface area contributed by atoms with Crippen LogP contribution in [0.3, 0.4) is 0 Å². The number of hydrogen-bond acceptors (Lipinski definition) is 2. The largest absolute Gasteiger partial charge is 0.370 e. The predicted octanol–water partition coefficient (Wildman–Crippen LogP) is 4.00.